The van der Waals surface area contributed by atoms with Crippen molar-refractivity contribution >= 4 is 33.2 Å². The minimum absolute atomic E-state index is 0.0847. The fraction of sp³-hybridized carbons (Fsp3) is 0.0909. The van der Waals surface area contributed by atoms with Crippen molar-refractivity contribution in [3.8, 4) is 0 Å². The summed E-state index contributed by atoms with van der Waals surface area (Å²) < 4.78 is 15.1. The zero-order valence-electron chi connectivity index (χ0n) is 15.1. The van der Waals surface area contributed by atoms with Gasteiger partial charge in [-0.1, -0.05) is 72.0 Å². The van der Waals surface area contributed by atoms with Crippen LogP contribution >= 0.6 is 11.3 Å². The first-order valence-electron chi connectivity index (χ1n) is 8.69. The van der Waals surface area contributed by atoms with Gasteiger partial charge in [0.25, 0.3) is 0 Å². The molecule has 4 nitrogen and oxygen atoms in total. The van der Waals surface area contributed by atoms with Crippen molar-refractivity contribution in [2.45, 2.75) is 13.0 Å². The first-order valence-corrected chi connectivity index (χ1v) is 9.57. The molecule has 0 aliphatic rings. The van der Waals surface area contributed by atoms with Crippen molar-refractivity contribution in [3.63, 3.8) is 0 Å². The van der Waals surface area contributed by atoms with Crippen molar-refractivity contribution < 1.29 is 18.9 Å². The van der Waals surface area contributed by atoms with Gasteiger partial charge in [-0.05, 0) is 22.4 Å². The maximum absolute atomic E-state index is 13.3. The molecule has 4 aromatic rings. The molecule has 0 aliphatic heterocycles. The Bertz CT molecular complexity index is 1090. The number of carboxylic acids is 1. The molecule has 0 atom stereocenters. The molecule has 0 bridgehead atoms. The zero-order valence-corrected chi connectivity index (χ0v) is 15.9. The van der Waals surface area contributed by atoms with Crippen LogP contribution in [0.4, 0.5) is 9.52 Å². The second-order valence-electron chi connectivity index (χ2n) is 6.17. The van der Waals surface area contributed by atoms with Gasteiger partial charge in [-0.3, -0.25) is 10.5 Å². The number of aromatic nitrogens is 1. The molecule has 142 valence electrons. The maximum atomic E-state index is 13.3. The molecule has 0 fully saturated rings. The van der Waals surface area contributed by atoms with Gasteiger partial charge in [0, 0.05) is 10.9 Å². The number of nitrogens with zero attached hydrogens (tertiary/aromatic N) is 1. The number of nitrogens with two attached hydrogens (primary N) is 1. The van der Waals surface area contributed by atoms with Crippen LogP contribution in [0.25, 0.3) is 10.8 Å². The minimum Gasteiger partial charge on any atom is -0.481 e. The minimum atomic E-state index is -0.790. The van der Waals surface area contributed by atoms with E-state index in [4.69, 9.17) is 10.8 Å². The third-order valence-corrected chi connectivity index (χ3v) is 4.97. The van der Waals surface area contributed by atoms with Gasteiger partial charge in [0.2, 0.25) is 0 Å². The quantitative estimate of drug-likeness (QED) is 0.507. The van der Waals surface area contributed by atoms with Crippen LogP contribution in [0.15, 0.2) is 78.3 Å². The fourth-order valence-electron chi connectivity index (χ4n) is 2.87. The van der Waals surface area contributed by atoms with E-state index in [0.29, 0.717) is 17.2 Å². The molecule has 3 aromatic carbocycles. The van der Waals surface area contributed by atoms with Crippen molar-refractivity contribution in [1.29, 1.82) is 0 Å². The van der Waals surface area contributed by atoms with Gasteiger partial charge in [0.15, 0.2) is 0 Å². The van der Waals surface area contributed by atoms with Crippen molar-refractivity contribution in [2.75, 3.05) is 5.73 Å². The molecule has 1 aromatic heterocycles. The van der Waals surface area contributed by atoms with E-state index in [1.165, 1.54) is 17.4 Å². The molecule has 28 heavy (non-hydrogen) atoms. The number of nitrogen functional groups attached to an aromatic ring is 1. The summed E-state index contributed by atoms with van der Waals surface area (Å²) in [6.07, 6.45) is 1.94. The van der Waals surface area contributed by atoms with Crippen LogP contribution in [0.2, 0.25) is 0 Å². The van der Waals surface area contributed by atoms with Gasteiger partial charge in [0.1, 0.15) is 18.6 Å². The molecule has 3 N–H and O–H groups in total. The lowest BCUT2D eigenvalue weighted by Gasteiger charge is -2.02. The molecule has 6 heteroatoms. The molecular formula is C22H20FN2O2S+. The Kier molecular flexibility index (Phi) is 6.34. The van der Waals surface area contributed by atoms with Gasteiger partial charge >= 0.3 is 11.1 Å². The van der Waals surface area contributed by atoms with Crippen molar-refractivity contribution in [3.05, 3.63) is 95.3 Å². The molecule has 0 saturated carbocycles. The highest BCUT2D eigenvalue weighted by molar-refractivity contribution is 7.12. The number of thiazole rings is 1. The Balaban J connectivity index is 0.000000161. The SMILES string of the molecule is Nc1scc[n+]1Cc1ccccc1F.O=C(O)Cc1cccc2ccccc12. The van der Waals surface area contributed by atoms with Crippen LogP contribution in [0.3, 0.4) is 0 Å². The smallest absolute Gasteiger partial charge is 0.331 e. The van der Waals surface area contributed by atoms with Crippen LogP contribution in [0.5, 0.6) is 0 Å². The highest BCUT2D eigenvalue weighted by Gasteiger charge is 2.09. The molecule has 1 heterocycles. The van der Waals surface area contributed by atoms with E-state index < -0.39 is 5.97 Å². The standard InChI is InChI=1S/C12H10O2.C10H9FN2S/c13-12(14)8-10-6-3-5-9-4-1-2-7-11(9)10;11-9-4-2-1-3-8(9)7-13-5-6-14-10(13)12/h1-7H,8H2,(H,13,14);1-6,12H,7H2/p+1. The van der Waals surface area contributed by atoms with Gasteiger partial charge in [-0.25, -0.2) is 8.96 Å². The molecular weight excluding hydrogens is 375 g/mol. The van der Waals surface area contributed by atoms with Gasteiger partial charge in [-0.2, -0.15) is 0 Å². The molecule has 0 radical (unpaired) electrons. The number of anilines is 1. The lowest BCUT2D eigenvalue weighted by Crippen LogP contribution is -2.34. The summed E-state index contributed by atoms with van der Waals surface area (Å²) in [6, 6.07) is 20.3. The third kappa shape index (κ3) is 4.92. The van der Waals surface area contributed by atoms with Crippen molar-refractivity contribution in [2.24, 2.45) is 0 Å². The van der Waals surface area contributed by atoms with E-state index in [-0.39, 0.29) is 12.2 Å². The van der Waals surface area contributed by atoms with Crippen LogP contribution in [0, 0.1) is 5.82 Å². The number of rotatable bonds is 4. The summed E-state index contributed by atoms with van der Waals surface area (Å²) in [5.74, 6) is -0.980. The summed E-state index contributed by atoms with van der Waals surface area (Å²) >= 11 is 1.45. The molecule has 0 spiro atoms. The summed E-state index contributed by atoms with van der Waals surface area (Å²) in [5, 5.41) is 13.4. The molecule has 0 aliphatic carbocycles. The molecule has 0 amide bonds. The van der Waals surface area contributed by atoms with E-state index in [0.717, 1.165) is 16.3 Å². The van der Waals surface area contributed by atoms with Gasteiger partial charge in [0.05, 0.1) is 6.42 Å². The first-order chi connectivity index (χ1) is 13.5. The predicted octanol–water partition coefficient (Wildman–Crippen LogP) is 4.27. The highest BCUT2D eigenvalue weighted by atomic mass is 32.1. The van der Waals surface area contributed by atoms with Crippen molar-refractivity contribution in [1.82, 2.24) is 0 Å². The van der Waals surface area contributed by atoms with Crippen LogP contribution in [-0.4, -0.2) is 11.1 Å². The van der Waals surface area contributed by atoms with E-state index in [1.807, 2.05) is 64.7 Å². The number of fused-ring (bicyclic) bond motifs is 1. The molecule has 4 rings (SSSR count). The molecule has 0 unspecified atom stereocenters. The Morgan fingerprint density at radius 2 is 1.68 bits per heavy atom. The number of hydrogen-bond acceptors (Lipinski definition) is 3. The van der Waals surface area contributed by atoms with Crippen LogP contribution in [0.1, 0.15) is 11.1 Å². The number of carboxylic acid groups (broad SMARTS) is 1. The second-order valence-corrected chi connectivity index (χ2v) is 7.10. The van der Waals surface area contributed by atoms with Gasteiger partial charge in [-0.15, -0.1) is 0 Å². The number of carbonyl (C=O) groups is 1. The molecule has 0 saturated heterocycles. The normalized spacial score (nSPS) is 10.3. The monoisotopic (exact) mass is 395 g/mol. The number of aliphatic carboxylic acids is 1. The van der Waals surface area contributed by atoms with Gasteiger partial charge < -0.3 is 5.11 Å². The Morgan fingerprint density at radius 3 is 2.39 bits per heavy atom. The van der Waals surface area contributed by atoms with E-state index in [2.05, 4.69) is 0 Å². The van der Waals surface area contributed by atoms with E-state index in [1.54, 1.807) is 12.1 Å². The summed E-state index contributed by atoms with van der Waals surface area (Å²) in [4.78, 5) is 10.6. The van der Waals surface area contributed by atoms with E-state index in [9.17, 15) is 9.18 Å². The third-order valence-electron chi connectivity index (χ3n) is 4.23. The summed E-state index contributed by atoms with van der Waals surface area (Å²) in [6.45, 7) is 0.488. The second kappa shape index (κ2) is 9.10. The predicted molar refractivity (Wildman–Crippen MR) is 110 cm³/mol. The lowest BCUT2D eigenvalue weighted by atomic mass is 10.0. The highest BCUT2D eigenvalue weighted by Crippen LogP contribution is 2.18. The average molecular weight is 395 g/mol. The summed E-state index contributed by atoms with van der Waals surface area (Å²) in [7, 11) is 0. The van der Waals surface area contributed by atoms with E-state index >= 15 is 0 Å². The Hall–Kier alpha value is -3.25. The first kappa shape index (κ1) is 19.5. The maximum Gasteiger partial charge on any atom is 0.331 e. The largest absolute Gasteiger partial charge is 0.481 e. The zero-order chi connectivity index (χ0) is 19.9. The number of halogens is 1. The fourth-order valence-corrected chi connectivity index (χ4v) is 3.47. The number of hydrogen-bond donors (Lipinski definition) is 2. The Morgan fingerprint density at radius 1 is 1.00 bits per heavy atom. The van der Waals surface area contributed by atoms with Crippen LogP contribution < -0.4 is 10.3 Å². The Labute approximate surface area is 166 Å². The average Bonchev–Trinajstić information content (AvgIpc) is 3.09. The topological polar surface area (TPSA) is 67.2 Å². The number of benzene rings is 3. The lowest BCUT2D eigenvalue weighted by molar-refractivity contribution is -0.670. The summed E-state index contributed by atoms with van der Waals surface area (Å²) in [5.41, 5.74) is 7.22. The van der Waals surface area contributed by atoms with Crippen LogP contribution in [-0.2, 0) is 17.8 Å².